The van der Waals surface area contributed by atoms with Crippen molar-refractivity contribution in [3.8, 4) is 0 Å². The third kappa shape index (κ3) is 3280. The molecule has 0 aliphatic carbocycles. The molecule has 0 saturated heterocycles. The molecule has 30 N–H and O–H groups in total. The summed E-state index contributed by atoms with van der Waals surface area (Å²) in [5.74, 6) is 0. The Hall–Kier alpha value is 1.96. The molecule has 166 valence electrons. The molecule has 0 atom stereocenters. The summed E-state index contributed by atoms with van der Waals surface area (Å²) in [4.78, 5) is 0. The number of hydrogen-bond acceptors (Lipinski definition) is 8. The first-order valence-electron chi connectivity index (χ1n) is 1.33. The van der Waals surface area contributed by atoms with E-state index in [1.165, 1.54) is 0 Å². The van der Waals surface area contributed by atoms with Crippen LogP contribution in [0.3, 0.4) is 0 Å². The van der Waals surface area contributed by atoms with Crippen LogP contribution in [0.5, 0.6) is 0 Å². The second-order valence-electron chi connectivity index (χ2n) is 0.816. The van der Waals surface area contributed by atoms with Crippen LogP contribution < -0.4 is 68.9 Å². The van der Waals surface area contributed by atoms with E-state index < -0.39 is 20.8 Å². The molecule has 0 bridgehead atoms. The monoisotopic (exact) mass is 740 g/mol. The maximum atomic E-state index is 8.52. The molecule has 0 rings (SSSR count). The molecule has 0 aliphatic heterocycles. The molecule has 0 aromatic carbocycles. The fourth-order valence-electron chi connectivity index (χ4n) is 0. The molecule has 20 nitrogen and oxygen atoms in total. The Kier molecular flexibility index (Phi) is 499. The van der Waals surface area contributed by atoms with Gasteiger partial charge in [0.05, 0.1) is 0 Å². The van der Waals surface area contributed by atoms with Gasteiger partial charge in [0.2, 0.25) is 0 Å². The minimum absolute atomic E-state index is 0. The van der Waals surface area contributed by atoms with Crippen LogP contribution in [-0.4, -0.2) is 67.9 Å². The van der Waals surface area contributed by atoms with Gasteiger partial charge in [-0.3, -0.25) is 16.8 Å². The first-order valence-corrected chi connectivity index (χ1v) is 4.00. The largest absolute Gasteiger partial charge is 3.00 e. The standard InChI is InChI=1S/Cs.Ir.2H2O4S.12H2O/c;;2*1-5(2,3)4;;;;;;;;;;;;/h;;2*(H2,1,2,3,4);12*1H2/q+1;+3;;;;;;;;;;;;;;/p+2. The molecular formula is H30CsIrO20S2+6. The third-order valence-corrected chi connectivity index (χ3v) is 0. The van der Waals surface area contributed by atoms with Crippen molar-refractivity contribution in [2.75, 3.05) is 0 Å². The van der Waals surface area contributed by atoms with Crippen molar-refractivity contribution in [1.82, 2.24) is 0 Å². The van der Waals surface area contributed by atoms with E-state index in [1.54, 1.807) is 0 Å². The molecule has 24 heavy (non-hydrogen) atoms. The average molecular weight is 739 g/mol. The Morgan fingerprint density at radius 2 is 0.417 bits per heavy atom. The molecule has 0 saturated carbocycles. The van der Waals surface area contributed by atoms with E-state index in [2.05, 4.69) is 0 Å². The van der Waals surface area contributed by atoms with Crippen molar-refractivity contribution < 1.29 is 190 Å². The molecule has 0 aromatic rings. The summed E-state index contributed by atoms with van der Waals surface area (Å²) < 4.78 is 68.2. The van der Waals surface area contributed by atoms with Crippen LogP contribution in [0.2, 0.25) is 0 Å². The van der Waals surface area contributed by atoms with E-state index in [0.717, 1.165) is 0 Å². The van der Waals surface area contributed by atoms with Gasteiger partial charge in [-0.15, -0.1) is 0 Å². The zero-order valence-electron chi connectivity index (χ0n) is 11.9. The molecular weight excluding hydrogens is 709 g/mol. The molecule has 0 fully saturated rings. The molecule has 0 unspecified atom stereocenters. The smallest absolute Gasteiger partial charge is 0.759 e. The van der Waals surface area contributed by atoms with Crippen molar-refractivity contribution >= 4 is 20.8 Å². The molecule has 0 aliphatic rings. The summed E-state index contributed by atoms with van der Waals surface area (Å²) in [5.41, 5.74) is 0. The number of rotatable bonds is 0. The van der Waals surface area contributed by atoms with Crippen molar-refractivity contribution in [3.05, 3.63) is 0 Å². The third-order valence-electron chi connectivity index (χ3n) is 0. The van der Waals surface area contributed by atoms with Crippen LogP contribution in [0.4, 0.5) is 0 Å². The van der Waals surface area contributed by atoms with Gasteiger partial charge in [-0.25, -0.2) is 0 Å². The summed E-state index contributed by atoms with van der Waals surface area (Å²) in [6, 6.07) is 0. The van der Waals surface area contributed by atoms with E-state index >= 15 is 0 Å². The molecule has 0 aromatic heterocycles. The zero-order valence-corrected chi connectivity index (χ0v) is 22.2. The quantitative estimate of drug-likeness (QED) is 0.130. The van der Waals surface area contributed by atoms with Crippen LogP contribution >= 0.6 is 0 Å². The van der Waals surface area contributed by atoms with Crippen LogP contribution in [-0.2, 0) is 73.8 Å². The van der Waals surface area contributed by atoms with Crippen molar-refractivity contribution in [3.63, 3.8) is 0 Å². The minimum atomic E-state index is -5.17. The summed E-state index contributed by atoms with van der Waals surface area (Å²) in [7, 11) is -10.3. The molecule has 0 radical (unpaired) electrons. The Morgan fingerprint density at radius 3 is 0.417 bits per heavy atom. The van der Waals surface area contributed by atoms with Gasteiger partial charge in [0, 0.05) is 20.8 Å². The van der Waals surface area contributed by atoms with E-state index in [-0.39, 0.29) is 155 Å². The van der Waals surface area contributed by atoms with Gasteiger partial charge in [-0.2, -0.15) is 0 Å². The average Bonchev–Trinajstić information content (AvgIpc) is 1.12. The van der Waals surface area contributed by atoms with E-state index in [0.29, 0.717) is 0 Å². The molecule has 0 spiro atoms. The predicted molar refractivity (Wildman–Crippen MR) is 71.9 cm³/mol. The van der Waals surface area contributed by atoms with Crippen LogP contribution in [0.15, 0.2) is 0 Å². The van der Waals surface area contributed by atoms with Gasteiger partial charge < -0.3 is 83.9 Å². The fraction of sp³-hybridized carbons (Fsp3) is 0. The Balaban J connectivity index is -0.00000000241. The Labute approximate surface area is 207 Å². The van der Waals surface area contributed by atoms with Crippen LogP contribution in [0.1, 0.15) is 0 Å². The molecule has 0 heterocycles. The molecule has 0 amide bonds. The first kappa shape index (κ1) is 163. The SMILES string of the molecule is O.O.O.O.O.O.O=S(=O)([O-])[O-].O=S(=O)([O-])[O-].[Cs+].[Ir+3].[OH3+].[OH3+].[OH3+].[OH3+].[OH3+].[OH3+]. The van der Waals surface area contributed by atoms with Crippen molar-refractivity contribution in [2.45, 2.75) is 0 Å². The van der Waals surface area contributed by atoms with Crippen LogP contribution in [0.25, 0.3) is 0 Å². The minimum Gasteiger partial charge on any atom is -0.759 e. The van der Waals surface area contributed by atoms with Gasteiger partial charge in [-0.05, 0) is 0 Å². The van der Waals surface area contributed by atoms with E-state index in [1.807, 2.05) is 0 Å². The summed E-state index contributed by atoms with van der Waals surface area (Å²) in [6.45, 7) is 0. The second kappa shape index (κ2) is 73.5. The molecule has 24 heteroatoms. The predicted octanol–water partition coefficient (Wildman–Crippen LogP) is -16.2. The summed E-state index contributed by atoms with van der Waals surface area (Å²) in [5, 5.41) is 0. The van der Waals surface area contributed by atoms with E-state index in [9.17, 15) is 0 Å². The first-order chi connectivity index (χ1) is 4.00. The van der Waals surface area contributed by atoms with Gasteiger partial charge in [0.15, 0.2) is 0 Å². The Morgan fingerprint density at radius 1 is 0.417 bits per heavy atom. The topological polar surface area (TPSA) is 548 Å². The van der Waals surface area contributed by atoms with Gasteiger partial charge in [0.25, 0.3) is 0 Å². The van der Waals surface area contributed by atoms with Crippen molar-refractivity contribution in [1.29, 1.82) is 0 Å². The van der Waals surface area contributed by atoms with Gasteiger partial charge in [0.1, 0.15) is 0 Å². The fourth-order valence-corrected chi connectivity index (χ4v) is 0. The summed E-state index contributed by atoms with van der Waals surface area (Å²) in [6.07, 6.45) is 0. The van der Waals surface area contributed by atoms with Crippen molar-refractivity contribution in [2.24, 2.45) is 0 Å². The maximum Gasteiger partial charge on any atom is 3.00 e. The Bertz CT molecular complexity index is 218. The summed E-state index contributed by atoms with van der Waals surface area (Å²) >= 11 is 0. The van der Waals surface area contributed by atoms with Gasteiger partial charge >= 0.3 is 89.0 Å². The van der Waals surface area contributed by atoms with Gasteiger partial charge in [-0.1, -0.05) is 0 Å². The zero-order chi connectivity index (χ0) is 9.00. The van der Waals surface area contributed by atoms with Crippen LogP contribution in [0, 0.1) is 0 Å². The van der Waals surface area contributed by atoms with E-state index in [4.69, 9.17) is 35.0 Å². The normalized spacial score (nSPS) is 4.83. The maximum absolute atomic E-state index is 8.52. The number of hydrogen-bond donors (Lipinski definition) is 0. The second-order valence-corrected chi connectivity index (χ2v) is 2.45.